The molecule has 2 saturated heterocycles. The molecular formula is C25H33FN4O4. The van der Waals surface area contributed by atoms with E-state index in [1.807, 2.05) is 27.5 Å². The van der Waals surface area contributed by atoms with Crippen molar-refractivity contribution >= 4 is 11.8 Å². The fourth-order valence-electron chi connectivity index (χ4n) is 4.79. The SMILES string of the molecule is CCc1nccn1CC(=O)N1CCC[C@@](COc2ccc(F)cc2)(CC(=O)N2CCOCC2)C1. The predicted octanol–water partition coefficient (Wildman–Crippen LogP) is 2.52. The zero-order chi connectivity index (χ0) is 24.0. The van der Waals surface area contributed by atoms with Gasteiger partial charge in [-0.15, -0.1) is 0 Å². The molecule has 1 atom stereocenters. The quantitative estimate of drug-likeness (QED) is 0.590. The highest BCUT2D eigenvalue weighted by molar-refractivity contribution is 5.78. The molecule has 3 heterocycles. The Morgan fingerprint density at radius 3 is 2.62 bits per heavy atom. The zero-order valence-corrected chi connectivity index (χ0v) is 19.7. The number of rotatable bonds is 8. The summed E-state index contributed by atoms with van der Waals surface area (Å²) in [6.45, 7) is 5.87. The fourth-order valence-corrected chi connectivity index (χ4v) is 4.79. The van der Waals surface area contributed by atoms with Crippen molar-refractivity contribution in [2.24, 2.45) is 5.41 Å². The standard InChI is InChI=1S/C25H33FN4O4/c1-2-22-27-9-11-29(22)17-24(32)30-10-3-8-25(18-30,16-23(31)28-12-14-33-15-13-28)19-34-21-6-4-20(26)5-7-21/h4-7,9,11H,2-3,8,10,12-19H2,1H3/t25-/m1/s1. The molecule has 0 bridgehead atoms. The third-order valence-electron chi connectivity index (χ3n) is 6.69. The number of amides is 2. The summed E-state index contributed by atoms with van der Waals surface area (Å²) in [5.41, 5.74) is -0.514. The smallest absolute Gasteiger partial charge is 0.242 e. The van der Waals surface area contributed by atoms with Gasteiger partial charge in [0.05, 0.1) is 19.8 Å². The first-order valence-corrected chi connectivity index (χ1v) is 12.0. The molecule has 0 saturated carbocycles. The van der Waals surface area contributed by atoms with Gasteiger partial charge in [0.2, 0.25) is 11.8 Å². The largest absolute Gasteiger partial charge is 0.493 e. The minimum Gasteiger partial charge on any atom is -0.493 e. The molecule has 0 spiro atoms. The van der Waals surface area contributed by atoms with Crippen LogP contribution in [-0.2, 0) is 27.3 Å². The molecule has 2 amide bonds. The summed E-state index contributed by atoms with van der Waals surface area (Å²) in [5.74, 6) is 1.17. The highest BCUT2D eigenvalue weighted by atomic mass is 19.1. The van der Waals surface area contributed by atoms with Crippen LogP contribution in [0.1, 0.15) is 32.0 Å². The van der Waals surface area contributed by atoms with Gasteiger partial charge in [-0.2, -0.15) is 0 Å². The number of carbonyl (C=O) groups is 2. The number of hydrogen-bond acceptors (Lipinski definition) is 5. The van der Waals surface area contributed by atoms with Crippen LogP contribution in [0, 0.1) is 11.2 Å². The molecule has 9 heteroatoms. The van der Waals surface area contributed by atoms with E-state index in [4.69, 9.17) is 9.47 Å². The summed E-state index contributed by atoms with van der Waals surface area (Å²) in [4.78, 5) is 34.4. The molecule has 2 aliphatic rings. The maximum Gasteiger partial charge on any atom is 0.242 e. The first-order valence-electron chi connectivity index (χ1n) is 12.0. The minimum absolute atomic E-state index is 0.0115. The van der Waals surface area contributed by atoms with E-state index in [2.05, 4.69) is 4.98 Å². The first-order chi connectivity index (χ1) is 16.5. The second-order valence-corrected chi connectivity index (χ2v) is 9.16. The van der Waals surface area contributed by atoms with Crippen LogP contribution in [0.5, 0.6) is 5.75 Å². The van der Waals surface area contributed by atoms with Gasteiger partial charge in [-0.1, -0.05) is 6.92 Å². The van der Waals surface area contributed by atoms with Gasteiger partial charge >= 0.3 is 0 Å². The van der Waals surface area contributed by atoms with Crippen LogP contribution in [0.2, 0.25) is 0 Å². The number of likely N-dealkylation sites (tertiary alicyclic amines) is 1. The molecule has 0 unspecified atom stereocenters. The Morgan fingerprint density at radius 1 is 1.12 bits per heavy atom. The Balaban J connectivity index is 1.48. The van der Waals surface area contributed by atoms with Gasteiger partial charge in [0.25, 0.3) is 0 Å². The van der Waals surface area contributed by atoms with E-state index in [0.29, 0.717) is 51.6 Å². The topological polar surface area (TPSA) is 76.9 Å². The molecule has 0 N–H and O–H groups in total. The first kappa shape index (κ1) is 24.2. The Morgan fingerprint density at radius 2 is 1.88 bits per heavy atom. The molecule has 2 aromatic rings. The number of imidazole rings is 1. The number of ether oxygens (including phenoxy) is 2. The van der Waals surface area contributed by atoms with Crippen LogP contribution < -0.4 is 4.74 Å². The normalized spacial score (nSPS) is 20.9. The van der Waals surface area contributed by atoms with Crippen molar-refractivity contribution < 1.29 is 23.5 Å². The van der Waals surface area contributed by atoms with Gasteiger partial charge in [-0.25, -0.2) is 9.37 Å². The molecule has 0 radical (unpaired) electrons. The minimum atomic E-state index is -0.514. The molecule has 1 aromatic carbocycles. The fraction of sp³-hybridized carbons (Fsp3) is 0.560. The van der Waals surface area contributed by atoms with Crippen LogP contribution >= 0.6 is 0 Å². The highest BCUT2D eigenvalue weighted by Gasteiger charge is 2.41. The lowest BCUT2D eigenvalue weighted by atomic mass is 9.77. The molecular weight excluding hydrogens is 439 g/mol. The van der Waals surface area contributed by atoms with E-state index >= 15 is 0 Å². The number of nitrogens with zero attached hydrogens (tertiary/aromatic N) is 4. The number of morpholine rings is 1. The van der Waals surface area contributed by atoms with Crippen LogP contribution in [0.15, 0.2) is 36.7 Å². The summed E-state index contributed by atoms with van der Waals surface area (Å²) in [6.07, 6.45) is 6.16. The average molecular weight is 473 g/mol. The Kier molecular flexibility index (Phi) is 7.82. The Labute approximate surface area is 199 Å². The highest BCUT2D eigenvalue weighted by Crippen LogP contribution is 2.35. The lowest BCUT2D eigenvalue weighted by Gasteiger charge is -2.43. The van der Waals surface area contributed by atoms with Crippen molar-refractivity contribution in [2.45, 2.75) is 39.2 Å². The summed E-state index contributed by atoms with van der Waals surface area (Å²) < 4.78 is 26.6. The maximum atomic E-state index is 13.3. The van der Waals surface area contributed by atoms with Crippen molar-refractivity contribution in [1.82, 2.24) is 19.4 Å². The lowest BCUT2D eigenvalue weighted by Crippen LogP contribution is -2.52. The summed E-state index contributed by atoms with van der Waals surface area (Å²) in [5, 5.41) is 0. The van der Waals surface area contributed by atoms with Gasteiger partial charge in [0, 0.05) is 56.8 Å². The number of hydrogen-bond donors (Lipinski definition) is 0. The van der Waals surface area contributed by atoms with E-state index < -0.39 is 5.41 Å². The molecule has 2 fully saturated rings. The predicted molar refractivity (Wildman–Crippen MR) is 124 cm³/mol. The molecule has 0 aliphatic carbocycles. The van der Waals surface area contributed by atoms with Gasteiger partial charge in [0.15, 0.2) is 0 Å². The van der Waals surface area contributed by atoms with E-state index in [-0.39, 0.29) is 30.8 Å². The van der Waals surface area contributed by atoms with E-state index in [0.717, 1.165) is 25.1 Å². The number of piperidine rings is 1. The summed E-state index contributed by atoms with van der Waals surface area (Å²) >= 11 is 0. The number of halogens is 1. The third kappa shape index (κ3) is 5.94. The number of aryl methyl sites for hydroxylation is 1. The van der Waals surface area contributed by atoms with Gasteiger partial charge in [0.1, 0.15) is 23.9 Å². The van der Waals surface area contributed by atoms with Crippen molar-refractivity contribution in [3.05, 3.63) is 48.3 Å². The van der Waals surface area contributed by atoms with Crippen LogP contribution in [0.3, 0.4) is 0 Å². The molecule has 2 aliphatic heterocycles. The second-order valence-electron chi connectivity index (χ2n) is 9.16. The lowest BCUT2D eigenvalue weighted by molar-refractivity contribution is -0.144. The van der Waals surface area contributed by atoms with E-state index in [1.54, 1.807) is 18.3 Å². The molecule has 34 heavy (non-hydrogen) atoms. The Hall–Kier alpha value is -2.94. The second kappa shape index (κ2) is 11.0. The molecule has 8 nitrogen and oxygen atoms in total. The summed E-state index contributed by atoms with van der Waals surface area (Å²) in [6, 6.07) is 5.88. The van der Waals surface area contributed by atoms with Crippen molar-refractivity contribution in [3.8, 4) is 5.75 Å². The molecule has 184 valence electrons. The van der Waals surface area contributed by atoms with Crippen molar-refractivity contribution in [3.63, 3.8) is 0 Å². The number of benzene rings is 1. The molecule has 4 rings (SSSR count). The number of carbonyl (C=O) groups excluding carboxylic acids is 2. The van der Waals surface area contributed by atoms with Gasteiger partial charge in [-0.3, -0.25) is 9.59 Å². The van der Waals surface area contributed by atoms with Gasteiger partial charge in [-0.05, 0) is 37.1 Å². The third-order valence-corrected chi connectivity index (χ3v) is 6.69. The Bertz CT molecular complexity index is 974. The van der Waals surface area contributed by atoms with Crippen molar-refractivity contribution in [2.75, 3.05) is 46.0 Å². The number of aromatic nitrogens is 2. The van der Waals surface area contributed by atoms with Crippen molar-refractivity contribution in [1.29, 1.82) is 0 Å². The monoisotopic (exact) mass is 472 g/mol. The zero-order valence-electron chi connectivity index (χ0n) is 19.7. The van der Waals surface area contributed by atoms with Crippen LogP contribution in [0.4, 0.5) is 4.39 Å². The molecule has 1 aromatic heterocycles. The van der Waals surface area contributed by atoms with Gasteiger partial charge < -0.3 is 23.8 Å². The maximum absolute atomic E-state index is 13.3. The van der Waals surface area contributed by atoms with Crippen LogP contribution in [-0.4, -0.2) is 77.2 Å². The van der Waals surface area contributed by atoms with Crippen LogP contribution in [0.25, 0.3) is 0 Å². The van der Waals surface area contributed by atoms with E-state index in [1.165, 1.54) is 12.1 Å². The summed E-state index contributed by atoms with van der Waals surface area (Å²) in [7, 11) is 0. The average Bonchev–Trinajstić information content (AvgIpc) is 3.31. The van der Waals surface area contributed by atoms with E-state index in [9.17, 15) is 14.0 Å².